The van der Waals surface area contributed by atoms with Gasteiger partial charge in [0.1, 0.15) is 20.4 Å². The normalized spacial score (nSPS) is 16.3. The molecule has 0 aromatic carbocycles. The molecule has 89 valence electrons. The smallest absolute Gasteiger partial charge is 0.142 e. The minimum atomic E-state index is -0.899. The van der Waals surface area contributed by atoms with Gasteiger partial charge in [0.2, 0.25) is 0 Å². The highest BCUT2D eigenvalue weighted by Gasteiger charge is 2.25. The van der Waals surface area contributed by atoms with E-state index < -0.39 is 14.1 Å². The summed E-state index contributed by atoms with van der Waals surface area (Å²) in [4.78, 5) is 10.7. The van der Waals surface area contributed by atoms with Crippen LogP contribution in [0.5, 0.6) is 0 Å². The molecule has 1 N–H and O–H groups in total. The van der Waals surface area contributed by atoms with E-state index in [2.05, 4.69) is 5.09 Å². The lowest BCUT2D eigenvalue weighted by atomic mass is 10.1. The van der Waals surface area contributed by atoms with Crippen molar-refractivity contribution in [2.24, 2.45) is 0 Å². The van der Waals surface area contributed by atoms with Crippen LogP contribution in [0.4, 0.5) is 0 Å². The van der Waals surface area contributed by atoms with Crippen LogP contribution in [0.15, 0.2) is 0 Å². The first-order valence-corrected chi connectivity index (χ1v) is 5.53. The molecular formula is C9H19NO4P. The van der Waals surface area contributed by atoms with Crippen molar-refractivity contribution >= 4 is 14.9 Å². The number of carbonyl (C=O) groups excluding carboxylic acids is 1. The zero-order chi connectivity index (χ0) is 11.9. The summed E-state index contributed by atoms with van der Waals surface area (Å²) in [7, 11) is 0.868. The van der Waals surface area contributed by atoms with Crippen LogP contribution in [-0.4, -0.2) is 37.7 Å². The van der Waals surface area contributed by atoms with Gasteiger partial charge in [0.25, 0.3) is 0 Å². The summed E-state index contributed by atoms with van der Waals surface area (Å²) in [6, 6.07) is 0. The Balaban J connectivity index is 4.02. The van der Waals surface area contributed by atoms with Crippen molar-refractivity contribution < 1.29 is 18.8 Å². The maximum absolute atomic E-state index is 10.7. The topological polar surface area (TPSA) is 64.6 Å². The Kier molecular flexibility index (Phi) is 6.13. The Bertz CT molecular complexity index is 222. The van der Waals surface area contributed by atoms with Crippen LogP contribution in [0.2, 0.25) is 0 Å². The van der Waals surface area contributed by atoms with Gasteiger partial charge < -0.3 is 14.3 Å². The molecule has 1 radical (unpaired) electrons. The standard InChI is InChI=1S/C9H19NO4P/c1-8(2,13-4)6-14-7-9(3,5-11)10-15-12/h5,15H,6-7H2,1-4H3,(H,10,12). The van der Waals surface area contributed by atoms with Crippen molar-refractivity contribution in [3.63, 3.8) is 0 Å². The second-order valence-corrected chi connectivity index (χ2v) is 4.67. The predicted octanol–water partition coefficient (Wildman–Crippen LogP) is 0.914. The number of hydrogen-bond acceptors (Lipinski definition) is 4. The van der Waals surface area contributed by atoms with E-state index in [0.717, 1.165) is 0 Å². The van der Waals surface area contributed by atoms with Gasteiger partial charge in [0.05, 0.1) is 18.8 Å². The van der Waals surface area contributed by atoms with Crippen LogP contribution in [0, 0.1) is 0 Å². The summed E-state index contributed by atoms with van der Waals surface area (Å²) in [5.41, 5.74) is -1.28. The molecular weight excluding hydrogens is 217 g/mol. The zero-order valence-electron chi connectivity index (χ0n) is 9.62. The molecule has 0 bridgehead atoms. The third-order valence-electron chi connectivity index (χ3n) is 2.00. The highest BCUT2D eigenvalue weighted by molar-refractivity contribution is 7.21. The number of rotatable bonds is 8. The molecule has 0 heterocycles. The van der Waals surface area contributed by atoms with E-state index in [1.54, 1.807) is 14.0 Å². The van der Waals surface area contributed by atoms with Gasteiger partial charge in [0, 0.05) is 7.11 Å². The minimum Gasteiger partial charge on any atom is -0.376 e. The molecule has 0 spiro atoms. The molecule has 0 amide bonds. The molecule has 15 heavy (non-hydrogen) atoms. The van der Waals surface area contributed by atoms with Crippen molar-refractivity contribution in [3.05, 3.63) is 0 Å². The Morgan fingerprint density at radius 2 is 1.93 bits per heavy atom. The first-order chi connectivity index (χ1) is 6.89. The third kappa shape index (κ3) is 5.95. The molecule has 0 aromatic rings. The van der Waals surface area contributed by atoms with Gasteiger partial charge in [-0.25, -0.2) is 5.09 Å². The summed E-state index contributed by atoms with van der Waals surface area (Å²) >= 11 is 0. The zero-order valence-corrected chi connectivity index (χ0v) is 10.6. The maximum atomic E-state index is 10.7. The van der Waals surface area contributed by atoms with Gasteiger partial charge in [-0.15, -0.1) is 0 Å². The highest BCUT2D eigenvalue weighted by atomic mass is 31.1. The molecule has 0 saturated heterocycles. The lowest BCUT2D eigenvalue weighted by molar-refractivity contribution is -0.116. The van der Waals surface area contributed by atoms with Gasteiger partial charge in [-0.2, -0.15) is 0 Å². The Labute approximate surface area is 91.8 Å². The largest absolute Gasteiger partial charge is 0.376 e. The fourth-order valence-corrected chi connectivity index (χ4v) is 1.15. The van der Waals surface area contributed by atoms with Gasteiger partial charge in [-0.1, -0.05) is 0 Å². The molecule has 0 aromatic heterocycles. The molecule has 0 saturated carbocycles. The summed E-state index contributed by atoms with van der Waals surface area (Å²) in [6.45, 7) is 5.93. The van der Waals surface area contributed by atoms with Crippen molar-refractivity contribution in [3.8, 4) is 0 Å². The van der Waals surface area contributed by atoms with Gasteiger partial charge in [-0.05, 0) is 20.8 Å². The quantitative estimate of drug-likeness (QED) is 0.501. The summed E-state index contributed by atoms with van der Waals surface area (Å²) in [6.07, 6.45) is 0.692. The number of methoxy groups -OCH3 is 1. The summed E-state index contributed by atoms with van der Waals surface area (Å²) in [5.74, 6) is 0. The Hall–Kier alpha value is -0.350. The van der Waals surface area contributed by atoms with E-state index in [4.69, 9.17) is 9.47 Å². The van der Waals surface area contributed by atoms with Crippen molar-refractivity contribution in [1.29, 1.82) is 0 Å². The molecule has 5 nitrogen and oxygen atoms in total. The van der Waals surface area contributed by atoms with E-state index in [1.165, 1.54) is 0 Å². The number of carbonyl (C=O) groups is 1. The fourth-order valence-electron chi connectivity index (χ4n) is 0.784. The molecule has 6 heteroatoms. The van der Waals surface area contributed by atoms with Crippen LogP contribution in [0.1, 0.15) is 20.8 Å². The van der Waals surface area contributed by atoms with Gasteiger partial charge in [0.15, 0.2) is 0 Å². The average Bonchev–Trinajstić information content (AvgIpc) is 2.18. The van der Waals surface area contributed by atoms with E-state index in [-0.39, 0.29) is 12.2 Å². The van der Waals surface area contributed by atoms with E-state index in [9.17, 15) is 9.36 Å². The molecule has 0 aliphatic rings. The van der Waals surface area contributed by atoms with Crippen LogP contribution in [-0.2, 0) is 18.8 Å². The van der Waals surface area contributed by atoms with E-state index in [1.807, 2.05) is 13.8 Å². The number of aldehydes is 1. The molecule has 2 unspecified atom stereocenters. The number of nitrogens with one attached hydrogen (secondary N) is 1. The summed E-state index contributed by atoms with van der Waals surface area (Å²) in [5, 5.41) is 2.55. The Morgan fingerprint density at radius 3 is 2.33 bits per heavy atom. The molecule has 0 aliphatic heterocycles. The van der Waals surface area contributed by atoms with Crippen molar-refractivity contribution in [2.75, 3.05) is 20.3 Å². The monoisotopic (exact) mass is 236 g/mol. The van der Waals surface area contributed by atoms with Crippen LogP contribution < -0.4 is 5.09 Å². The second kappa shape index (κ2) is 6.28. The van der Waals surface area contributed by atoms with Gasteiger partial charge in [-0.3, -0.25) is 4.57 Å². The Morgan fingerprint density at radius 1 is 1.33 bits per heavy atom. The van der Waals surface area contributed by atoms with Crippen LogP contribution in [0.25, 0.3) is 0 Å². The van der Waals surface area contributed by atoms with E-state index >= 15 is 0 Å². The predicted molar refractivity (Wildman–Crippen MR) is 58.5 cm³/mol. The molecule has 0 rings (SSSR count). The fraction of sp³-hybridized carbons (Fsp3) is 0.889. The average molecular weight is 236 g/mol. The number of ether oxygens (including phenoxy) is 2. The summed E-state index contributed by atoms with van der Waals surface area (Å²) < 4.78 is 20.9. The third-order valence-corrected chi connectivity index (χ3v) is 2.67. The molecule has 2 atom stereocenters. The lowest BCUT2D eigenvalue weighted by Gasteiger charge is -2.26. The first-order valence-electron chi connectivity index (χ1n) is 4.63. The highest BCUT2D eigenvalue weighted by Crippen LogP contribution is 2.10. The lowest BCUT2D eigenvalue weighted by Crippen LogP contribution is -2.44. The SMILES string of the molecule is COC(C)(C)COCC(C)(C=O)N[PH]=O. The second-order valence-electron chi connectivity index (χ2n) is 4.22. The first kappa shape index (κ1) is 14.6. The van der Waals surface area contributed by atoms with Crippen LogP contribution in [0.3, 0.4) is 0 Å². The van der Waals surface area contributed by atoms with E-state index in [0.29, 0.717) is 12.9 Å². The van der Waals surface area contributed by atoms with Crippen molar-refractivity contribution in [1.82, 2.24) is 5.09 Å². The van der Waals surface area contributed by atoms with Gasteiger partial charge >= 0.3 is 0 Å². The van der Waals surface area contributed by atoms with Crippen LogP contribution >= 0.6 is 8.61 Å². The minimum absolute atomic E-state index is 0.165. The van der Waals surface area contributed by atoms with Crippen molar-refractivity contribution in [2.45, 2.75) is 31.9 Å². The maximum Gasteiger partial charge on any atom is 0.142 e. The molecule has 0 fully saturated rings. The number of hydrogen-bond donors (Lipinski definition) is 1. The molecule has 0 aliphatic carbocycles.